The molecule has 0 saturated carbocycles. The number of carbonyl (C=O) groups excluding carboxylic acids is 1. The number of oxime groups is 1. The van der Waals surface area contributed by atoms with E-state index >= 15 is 0 Å². The van der Waals surface area contributed by atoms with Crippen LogP contribution >= 0.6 is 11.6 Å². The van der Waals surface area contributed by atoms with Crippen LogP contribution in [0.25, 0.3) is 0 Å². The van der Waals surface area contributed by atoms with Gasteiger partial charge in [-0.05, 0) is 31.2 Å². The molecule has 29 heavy (non-hydrogen) atoms. The van der Waals surface area contributed by atoms with Crippen molar-refractivity contribution in [2.75, 3.05) is 7.11 Å². The highest BCUT2D eigenvalue weighted by atomic mass is 35.5. The molecule has 11 heteroatoms. The monoisotopic (exact) mass is 434 g/mol. The van der Waals surface area contributed by atoms with E-state index in [1.165, 1.54) is 19.1 Å². The molecule has 0 atom stereocenters. The number of rotatable bonds is 6. The van der Waals surface area contributed by atoms with Gasteiger partial charge in [0, 0.05) is 11.1 Å². The Morgan fingerprint density at radius 2 is 1.97 bits per heavy atom. The highest BCUT2D eigenvalue weighted by Gasteiger charge is 2.34. The Kier molecular flexibility index (Phi) is 7.27. The molecular weight excluding hydrogens is 420 g/mol. The van der Waals surface area contributed by atoms with Crippen LogP contribution < -0.4 is 10.3 Å². The molecule has 1 amide bonds. The van der Waals surface area contributed by atoms with Crippen LogP contribution in [0.1, 0.15) is 23.6 Å². The van der Waals surface area contributed by atoms with E-state index in [-0.39, 0.29) is 16.5 Å². The minimum Gasteiger partial charge on any atom is -0.451 e. The average Bonchev–Trinajstić information content (AvgIpc) is 2.67. The Hall–Kier alpha value is -3.01. The molecule has 0 spiro atoms. The minimum atomic E-state index is -4.73. The third-order valence-electron chi connectivity index (χ3n) is 3.61. The molecular formula is C18H15ClF4N2O4. The van der Waals surface area contributed by atoms with Crippen LogP contribution in [0.5, 0.6) is 5.75 Å². The zero-order valence-electron chi connectivity index (χ0n) is 15.1. The first-order chi connectivity index (χ1) is 13.6. The quantitative estimate of drug-likeness (QED) is 0.390. The molecule has 2 rings (SSSR count). The van der Waals surface area contributed by atoms with Gasteiger partial charge in [-0.15, -0.1) is 0 Å². The number of nitrogens with one attached hydrogen (secondary N) is 1. The number of hydrogen-bond acceptors (Lipinski definition) is 5. The van der Waals surface area contributed by atoms with Gasteiger partial charge in [0.15, 0.2) is 5.75 Å². The van der Waals surface area contributed by atoms with E-state index in [2.05, 4.69) is 9.89 Å². The number of ether oxygens (including phenoxy) is 1. The molecule has 0 aliphatic heterocycles. The molecule has 0 unspecified atom stereocenters. The Labute approximate surface area is 167 Å². The summed E-state index contributed by atoms with van der Waals surface area (Å²) in [6.07, 6.45) is -5.58. The number of alkyl halides is 3. The first-order valence-electron chi connectivity index (χ1n) is 7.95. The zero-order chi connectivity index (χ0) is 21.6. The van der Waals surface area contributed by atoms with Crippen molar-refractivity contribution < 1.29 is 36.8 Å². The highest BCUT2D eigenvalue weighted by molar-refractivity contribution is 6.32. The summed E-state index contributed by atoms with van der Waals surface area (Å²) < 4.78 is 57.1. The summed E-state index contributed by atoms with van der Waals surface area (Å²) in [6.45, 7) is 0.784. The first kappa shape index (κ1) is 22.3. The van der Waals surface area contributed by atoms with Gasteiger partial charge in [-0.3, -0.25) is 0 Å². The van der Waals surface area contributed by atoms with Crippen molar-refractivity contribution in [2.24, 2.45) is 5.16 Å². The van der Waals surface area contributed by atoms with Crippen LogP contribution in [0.4, 0.5) is 22.4 Å². The molecule has 156 valence electrons. The van der Waals surface area contributed by atoms with Gasteiger partial charge in [-0.1, -0.05) is 28.9 Å². The Morgan fingerprint density at radius 1 is 1.24 bits per heavy atom. The van der Waals surface area contributed by atoms with Gasteiger partial charge >= 0.3 is 12.3 Å². The number of hydroxylamine groups is 1. The van der Waals surface area contributed by atoms with Crippen molar-refractivity contribution in [1.29, 1.82) is 0 Å². The van der Waals surface area contributed by atoms with Crippen molar-refractivity contribution in [3.63, 3.8) is 0 Å². The van der Waals surface area contributed by atoms with Crippen LogP contribution in [0.2, 0.25) is 5.02 Å². The van der Waals surface area contributed by atoms with E-state index in [0.29, 0.717) is 5.56 Å². The molecule has 0 aliphatic carbocycles. The van der Waals surface area contributed by atoms with Crippen LogP contribution in [-0.2, 0) is 22.4 Å². The molecule has 0 bridgehead atoms. The van der Waals surface area contributed by atoms with E-state index in [0.717, 1.165) is 25.3 Å². The fourth-order valence-corrected chi connectivity index (χ4v) is 2.32. The topological polar surface area (TPSA) is 69.2 Å². The number of amides is 1. The first-order valence-corrected chi connectivity index (χ1v) is 8.33. The fraction of sp³-hybridized carbons (Fsp3) is 0.222. The maximum absolute atomic E-state index is 13.8. The number of carbonyl (C=O) groups is 1. The molecule has 2 aromatic carbocycles. The van der Waals surface area contributed by atoms with Gasteiger partial charge < -0.3 is 14.4 Å². The molecule has 0 aliphatic rings. The van der Waals surface area contributed by atoms with Crippen LogP contribution in [0.15, 0.2) is 41.6 Å². The molecule has 6 nitrogen and oxygen atoms in total. The van der Waals surface area contributed by atoms with Crippen molar-refractivity contribution in [3.8, 4) is 5.75 Å². The van der Waals surface area contributed by atoms with Gasteiger partial charge in [0.1, 0.15) is 12.4 Å². The van der Waals surface area contributed by atoms with Gasteiger partial charge in [0.2, 0.25) is 0 Å². The average molecular weight is 435 g/mol. The highest BCUT2D eigenvalue weighted by Crippen LogP contribution is 2.33. The third kappa shape index (κ3) is 5.98. The van der Waals surface area contributed by atoms with E-state index in [1.54, 1.807) is 6.07 Å². The number of nitrogens with zero attached hydrogens (tertiary/aromatic N) is 1. The third-order valence-corrected chi connectivity index (χ3v) is 3.93. The number of halogens is 5. The predicted molar refractivity (Wildman–Crippen MR) is 96.0 cm³/mol. The summed E-state index contributed by atoms with van der Waals surface area (Å²) in [5.41, 5.74) is 0.867. The Bertz CT molecular complexity index is 919. The summed E-state index contributed by atoms with van der Waals surface area (Å²) in [4.78, 5) is 21.0. The van der Waals surface area contributed by atoms with Crippen molar-refractivity contribution in [1.82, 2.24) is 5.48 Å². The summed E-state index contributed by atoms with van der Waals surface area (Å²) in [6, 6.07) is 7.03. The van der Waals surface area contributed by atoms with Gasteiger partial charge in [-0.25, -0.2) is 9.18 Å². The molecule has 0 fully saturated rings. The molecule has 0 saturated heterocycles. The lowest BCUT2D eigenvalue weighted by atomic mass is 10.1. The van der Waals surface area contributed by atoms with Gasteiger partial charge in [-0.2, -0.15) is 18.7 Å². The lowest BCUT2D eigenvalue weighted by Crippen LogP contribution is -2.26. The Balaban J connectivity index is 2.14. The zero-order valence-corrected chi connectivity index (χ0v) is 15.9. The molecule has 0 radical (unpaired) electrons. The molecule has 1 N–H and O–H groups in total. The smallest absolute Gasteiger partial charge is 0.440 e. The van der Waals surface area contributed by atoms with E-state index in [4.69, 9.17) is 21.3 Å². The van der Waals surface area contributed by atoms with Crippen molar-refractivity contribution in [2.45, 2.75) is 19.7 Å². The number of benzene rings is 2. The lowest BCUT2D eigenvalue weighted by molar-refractivity contribution is -0.139. The normalized spacial score (nSPS) is 11.8. The molecule has 0 heterocycles. The fourth-order valence-electron chi connectivity index (χ4n) is 2.16. The summed E-state index contributed by atoms with van der Waals surface area (Å²) in [7, 11) is 1.14. The largest absolute Gasteiger partial charge is 0.451 e. The van der Waals surface area contributed by atoms with E-state index in [1.807, 2.05) is 5.48 Å². The Morgan fingerprint density at radius 3 is 2.62 bits per heavy atom. The van der Waals surface area contributed by atoms with Crippen LogP contribution in [0.3, 0.4) is 0 Å². The van der Waals surface area contributed by atoms with Crippen LogP contribution in [-0.4, -0.2) is 18.9 Å². The minimum absolute atomic E-state index is 0.0672. The summed E-state index contributed by atoms with van der Waals surface area (Å²) in [5.74, 6) is -0.985. The SMILES string of the molecule is COC(=O)NOc1cc(/C(C)=N/OCc2c(F)cccc2C(F)(F)F)ccc1Cl. The van der Waals surface area contributed by atoms with Crippen molar-refractivity contribution in [3.05, 3.63) is 63.9 Å². The molecule has 0 aromatic heterocycles. The second-order valence-electron chi connectivity index (χ2n) is 5.55. The number of methoxy groups -OCH3 is 1. The second kappa shape index (κ2) is 9.46. The van der Waals surface area contributed by atoms with Crippen LogP contribution in [0, 0.1) is 5.82 Å². The second-order valence-corrected chi connectivity index (χ2v) is 5.96. The lowest BCUT2D eigenvalue weighted by Gasteiger charge is -2.13. The predicted octanol–water partition coefficient (Wildman–Crippen LogP) is 5.09. The molecule has 2 aromatic rings. The van der Waals surface area contributed by atoms with Gasteiger partial charge in [0.05, 0.1) is 23.4 Å². The maximum Gasteiger partial charge on any atom is 0.440 e. The standard InChI is InChI=1S/C18H15ClF4N2O4/c1-10(11-6-7-14(19)16(8-11)29-25-17(26)27-2)24-28-9-12-13(18(21,22)23)4-3-5-15(12)20/h3-8H,9H2,1-2H3,(H,25,26)/b24-10+. The van der Waals surface area contributed by atoms with E-state index in [9.17, 15) is 22.4 Å². The van der Waals surface area contributed by atoms with E-state index < -0.39 is 35.8 Å². The summed E-state index contributed by atoms with van der Waals surface area (Å²) >= 11 is 5.95. The van der Waals surface area contributed by atoms with Gasteiger partial charge in [0.25, 0.3) is 0 Å². The number of hydrogen-bond donors (Lipinski definition) is 1. The maximum atomic E-state index is 13.8. The summed E-state index contributed by atoms with van der Waals surface area (Å²) in [5, 5.41) is 3.87. The van der Waals surface area contributed by atoms with Crippen molar-refractivity contribution >= 4 is 23.4 Å².